The van der Waals surface area contributed by atoms with E-state index >= 15 is 0 Å². The topological polar surface area (TPSA) is 108 Å². The third-order valence-corrected chi connectivity index (χ3v) is 5.01. The Hall–Kier alpha value is -2.46. The summed E-state index contributed by atoms with van der Waals surface area (Å²) in [5.74, 6) is 7.27. The predicted octanol–water partition coefficient (Wildman–Crippen LogP) is 3.45. The second kappa shape index (κ2) is 7.65. The summed E-state index contributed by atoms with van der Waals surface area (Å²) in [5, 5.41) is 4.54. The van der Waals surface area contributed by atoms with E-state index in [2.05, 4.69) is 26.2 Å². The molecule has 1 aliphatic heterocycles. The predicted molar refractivity (Wildman–Crippen MR) is 109 cm³/mol. The number of nitrogens with two attached hydrogens (primary N) is 1. The maximum Gasteiger partial charge on any atom is 0.294 e. The first-order valence-electron chi connectivity index (χ1n) is 7.87. The molecule has 0 bridgehead atoms. The number of rotatable bonds is 4. The summed E-state index contributed by atoms with van der Waals surface area (Å²) >= 11 is 3.42. The van der Waals surface area contributed by atoms with Gasteiger partial charge in [-0.2, -0.15) is 8.42 Å². The van der Waals surface area contributed by atoms with Crippen LogP contribution in [0.1, 0.15) is 12.5 Å². The Labute approximate surface area is 165 Å². The van der Waals surface area contributed by atoms with E-state index in [9.17, 15) is 8.42 Å². The zero-order valence-electron chi connectivity index (χ0n) is 14.3. The van der Waals surface area contributed by atoms with Crippen molar-refractivity contribution in [1.29, 1.82) is 0 Å². The number of benzene rings is 2. The van der Waals surface area contributed by atoms with Crippen LogP contribution in [0.4, 0.5) is 5.69 Å². The van der Waals surface area contributed by atoms with Gasteiger partial charge in [0, 0.05) is 21.8 Å². The smallest absolute Gasteiger partial charge is 0.294 e. The molecule has 2 aromatic rings. The summed E-state index contributed by atoms with van der Waals surface area (Å²) in [6.07, 6.45) is 1.80. The van der Waals surface area contributed by atoms with Crippen LogP contribution in [0.5, 0.6) is 0 Å². The largest absolute Gasteiger partial charge is 0.340 e. The van der Waals surface area contributed by atoms with Crippen molar-refractivity contribution in [2.45, 2.75) is 11.8 Å². The van der Waals surface area contributed by atoms with Gasteiger partial charge in [0.05, 0.1) is 10.6 Å². The molecule has 0 aromatic heterocycles. The van der Waals surface area contributed by atoms with Crippen molar-refractivity contribution in [3.8, 4) is 0 Å². The Morgan fingerprint density at radius 1 is 1.15 bits per heavy atom. The Bertz CT molecular complexity index is 1040. The van der Waals surface area contributed by atoms with Gasteiger partial charge in [0.25, 0.3) is 10.1 Å². The molecule has 7 nitrogen and oxygen atoms in total. The van der Waals surface area contributed by atoms with Gasteiger partial charge in [-0.15, -0.1) is 0 Å². The van der Waals surface area contributed by atoms with E-state index in [4.69, 9.17) is 10.4 Å². The highest BCUT2D eigenvalue weighted by molar-refractivity contribution is 9.11. The van der Waals surface area contributed by atoms with Crippen molar-refractivity contribution in [2.75, 3.05) is 5.32 Å². The highest BCUT2D eigenvalue weighted by Crippen LogP contribution is 2.25. The molecule has 0 unspecified atom stereocenters. The number of nitrogens with one attached hydrogen (secondary N) is 1. The minimum absolute atomic E-state index is 0.182. The minimum Gasteiger partial charge on any atom is -0.340 e. The van der Waals surface area contributed by atoms with Crippen LogP contribution in [-0.2, 0) is 10.1 Å². The van der Waals surface area contributed by atoms with Crippen LogP contribution in [0.3, 0.4) is 0 Å². The van der Waals surface area contributed by atoms with Crippen LogP contribution < -0.4 is 11.2 Å². The van der Waals surface area contributed by atoms with Crippen molar-refractivity contribution >= 4 is 37.4 Å². The average molecular weight is 449 g/mol. The van der Waals surface area contributed by atoms with Crippen LogP contribution in [0.2, 0.25) is 0 Å². The minimum atomic E-state index is -4.24. The van der Waals surface area contributed by atoms with Gasteiger partial charge in [-0.25, -0.2) is 15.8 Å². The quantitative estimate of drug-likeness (QED) is 0.488. The van der Waals surface area contributed by atoms with Gasteiger partial charge in [0.2, 0.25) is 0 Å². The lowest BCUT2D eigenvalue weighted by Gasteiger charge is -2.28. The maximum absolute atomic E-state index is 11.2. The first kappa shape index (κ1) is 19.3. The third-order valence-electron chi connectivity index (χ3n) is 3.79. The Morgan fingerprint density at radius 2 is 1.78 bits per heavy atom. The van der Waals surface area contributed by atoms with Crippen molar-refractivity contribution in [3.05, 3.63) is 82.4 Å². The molecular weight excluding hydrogens is 432 g/mol. The molecule has 0 spiro atoms. The van der Waals surface area contributed by atoms with Gasteiger partial charge >= 0.3 is 0 Å². The highest BCUT2D eigenvalue weighted by Gasteiger charge is 2.20. The number of allylic oxidation sites excluding steroid dienone is 2. The van der Waals surface area contributed by atoms with E-state index in [0.29, 0.717) is 17.3 Å². The molecule has 1 heterocycles. The number of aliphatic imine (C=N–C) groups is 1. The van der Waals surface area contributed by atoms with Gasteiger partial charge in [-0.1, -0.05) is 46.3 Å². The van der Waals surface area contributed by atoms with E-state index in [1.807, 2.05) is 37.3 Å². The summed E-state index contributed by atoms with van der Waals surface area (Å²) in [5.41, 5.74) is 2.26. The molecule has 27 heavy (non-hydrogen) atoms. The van der Waals surface area contributed by atoms with Crippen LogP contribution >= 0.6 is 15.9 Å². The third kappa shape index (κ3) is 4.45. The highest BCUT2D eigenvalue weighted by atomic mass is 79.9. The zero-order chi connectivity index (χ0) is 19.6. The van der Waals surface area contributed by atoms with E-state index in [0.717, 1.165) is 15.8 Å². The first-order valence-corrected chi connectivity index (χ1v) is 10.1. The molecule has 0 saturated heterocycles. The van der Waals surface area contributed by atoms with Crippen molar-refractivity contribution in [1.82, 2.24) is 5.01 Å². The molecule has 1 aliphatic rings. The Kier molecular flexibility index (Phi) is 5.47. The van der Waals surface area contributed by atoms with Gasteiger partial charge in [0.15, 0.2) is 5.82 Å². The molecular formula is C18H17BrN4O3S. The summed E-state index contributed by atoms with van der Waals surface area (Å²) in [6, 6.07) is 15.3. The zero-order valence-corrected chi connectivity index (χ0v) is 16.7. The Morgan fingerprint density at radius 3 is 2.33 bits per heavy atom. The fourth-order valence-corrected chi connectivity index (χ4v) is 3.23. The van der Waals surface area contributed by atoms with Crippen molar-refractivity contribution in [2.24, 2.45) is 10.8 Å². The van der Waals surface area contributed by atoms with Crippen LogP contribution in [0.15, 0.2) is 86.7 Å². The molecule has 0 aliphatic carbocycles. The SMILES string of the molecule is C/C(Br)=C1/N=C(c2ccccc2)C=C(Nc2ccc(S(=O)(=O)O)cc2)N1N. The summed E-state index contributed by atoms with van der Waals surface area (Å²) in [4.78, 5) is 4.41. The van der Waals surface area contributed by atoms with Crippen molar-refractivity contribution < 1.29 is 13.0 Å². The molecule has 0 atom stereocenters. The van der Waals surface area contributed by atoms with Gasteiger partial charge in [0.1, 0.15) is 5.82 Å². The molecule has 9 heteroatoms. The number of anilines is 1. The normalized spacial score (nSPS) is 16.5. The van der Waals surface area contributed by atoms with Gasteiger partial charge < -0.3 is 5.32 Å². The van der Waals surface area contributed by atoms with Crippen LogP contribution in [0, 0.1) is 0 Å². The van der Waals surface area contributed by atoms with E-state index in [1.165, 1.54) is 29.3 Å². The second-order valence-corrected chi connectivity index (χ2v) is 8.36. The van der Waals surface area contributed by atoms with E-state index < -0.39 is 10.1 Å². The molecule has 0 saturated carbocycles. The molecule has 140 valence electrons. The summed E-state index contributed by atoms with van der Waals surface area (Å²) in [6.45, 7) is 1.84. The molecule has 3 rings (SSSR count). The van der Waals surface area contributed by atoms with Crippen LogP contribution in [0.25, 0.3) is 0 Å². The summed E-state index contributed by atoms with van der Waals surface area (Å²) in [7, 11) is -4.24. The maximum atomic E-state index is 11.2. The number of hydrogen-bond donors (Lipinski definition) is 3. The molecule has 4 N–H and O–H groups in total. The lowest BCUT2D eigenvalue weighted by atomic mass is 10.1. The Balaban J connectivity index is 1.97. The molecule has 0 radical (unpaired) electrons. The number of halogens is 1. The van der Waals surface area contributed by atoms with Gasteiger partial charge in [-0.3, -0.25) is 4.55 Å². The second-order valence-electron chi connectivity index (χ2n) is 5.74. The number of nitrogens with zero attached hydrogens (tertiary/aromatic N) is 2. The lowest BCUT2D eigenvalue weighted by Crippen LogP contribution is -2.36. The van der Waals surface area contributed by atoms with Crippen LogP contribution in [-0.4, -0.2) is 23.7 Å². The molecule has 0 fully saturated rings. The van der Waals surface area contributed by atoms with Crippen molar-refractivity contribution in [3.63, 3.8) is 0 Å². The lowest BCUT2D eigenvalue weighted by molar-refractivity contribution is 0.444. The van der Waals surface area contributed by atoms with E-state index in [1.54, 1.807) is 6.08 Å². The van der Waals surface area contributed by atoms with Gasteiger partial charge in [-0.05, 0) is 31.2 Å². The standard InChI is InChI=1S/C18H17BrN4O3S/c1-12(19)18-22-16(13-5-3-2-4-6-13)11-17(23(18)20)21-14-7-9-15(10-8-14)27(24,25)26/h2-11,21H,20H2,1H3,(H,24,25,26)/b18-12+. The molecule has 0 amide bonds. The molecule has 2 aromatic carbocycles. The monoisotopic (exact) mass is 448 g/mol. The first-order chi connectivity index (χ1) is 12.8. The number of hydrogen-bond acceptors (Lipinski definition) is 6. The van der Waals surface area contributed by atoms with E-state index in [-0.39, 0.29) is 4.90 Å². The fourth-order valence-electron chi connectivity index (χ4n) is 2.47. The number of hydrazine groups is 1. The summed E-state index contributed by atoms with van der Waals surface area (Å²) < 4.78 is 32.2. The fraction of sp³-hybridized carbons (Fsp3) is 0.0556. The average Bonchev–Trinajstić information content (AvgIpc) is 2.63.